The van der Waals surface area contributed by atoms with Gasteiger partial charge in [0.1, 0.15) is 12.4 Å². The van der Waals surface area contributed by atoms with E-state index in [1.807, 2.05) is 56.3 Å². The Bertz CT molecular complexity index is 942. The summed E-state index contributed by atoms with van der Waals surface area (Å²) in [4.78, 5) is 26.5. The number of esters is 1. The molecule has 0 aliphatic heterocycles. The second-order valence-corrected chi connectivity index (χ2v) is 13.4. The highest BCUT2D eigenvalue weighted by Gasteiger charge is 2.69. The molecule has 2 aromatic carbocycles. The number of hydrogen-bond acceptors (Lipinski definition) is 4. The van der Waals surface area contributed by atoms with Gasteiger partial charge in [0.25, 0.3) is 5.91 Å². The maximum atomic E-state index is 13.6. The Labute approximate surface area is 192 Å². The molecule has 3 rings (SSSR count). The molecule has 0 unspecified atom stereocenters. The number of nitrogens with one attached hydrogen (secondary N) is 1. The van der Waals surface area contributed by atoms with E-state index in [0.717, 1.165) is 53.3 Å². The third-order valence-electron chi connectivity index (χ3n) is 6.92. The molecule has 172 valence electrons. The van der Waals surface area contributed by atoms with Gasteiger partial charge in [0.05, 0.1) is 19.4 Å². The number of benzene rings is 2. The molecule has 0 radical (unpaired) electrons. The quantitative estimate of drug-likeness (QED) is 0.374. The Morgan fingerprint density at radius 2 is 1.62 bits per heavy atom. The maximum absolute atomic E-state index is 13.6. The minimum absolute atomic E-state index is 0.0572. The zero-order valence-electron chi connectivity index (χ0n) is 19.9. The molecule has 0 bridgehead atoms. The molecular formula is C26H35NO4P+. The number of hydrogen-bond donors (Lipinski definition) is 1. The van der Waals surface area contributed by atoms with E-state index in [-0.39, 0.29) is 18.5 Å². The molecule has 1 fully saturated rings. The molecule has 0 aromatic heterocycles. The van der Waals surface area contributed by atoms with Gasteiger partial charge in [0, 0.05) is 25.8 Å². The summed E-state index contributed by atoms with van der Waals surface area (Å²) in [5.74, 6) is 0.646. The van der Waals surface area contributed by atoms with Gasteiger partial charge >= 0.3 is 5.97 Å². The smallest absolute Gasteiger partial charge is 0.344 e. The van der Waals surface area contributed by atoms with Crippen LogP contribution in [0.2, 0.25) is 0 Å². The first-order chi connectivity index (χ1) is 15.3. The van der Waals surface area contributed by atoms with E-state index in [1.54, 1.807) is 7.11 Å². The van der Waals surface area contributed by atoms with Crippen molar-refractivity contribution < 1.29 is 19.1 Å². The summed E-state index contributed by atoms with van der Waals surface area (Å²) in [7, 11) is -0.234. The van der Waals surface area contributed by atoms with Gasteiger partial charge in [-0.1, -0.05) is 30.3 Å². The fraction of sp³-hybridized carbons (Fsp3) is 0.462. The van der Waals surface area contributed by atoms with E-state index in [0.29, 0.717) is 6.16 Å². The van der Waals surface area contributed by atoms with Crippen molar-refractivity contribution >= 4 is 24.8 Å². The molecule has 1 aliphatic rings. The zero-order chi connectivity index (χ0) is 23.4. The van der Waals surface area contributed by atoms with Crippen molar-refractivity contribution in [3.8, 4) is 5.75 Å². The second-order valence-electron chi connectivity index (χ2n) is 8.70. The van der Waals surface area contributed by atoms with Crippen molar-refractivity contribution in [1.82, 2.24) is 0 Å². The molecular weight excluding hydrogens is 421 g/mol. The number of amides is 1. The normalized spacial score (nSPS) is 14.5. The van der Waals surface area contributed by atoms with Crippen molar-refractivity contribution in [1.29, 1.82) is 0 Å². The molecule has 0 atom stereocenters. The summed E-state index contributed by atoms with van der Waals surface area (Å²) in [6.45, 7) is 8.48. The average molecular weight is 457 g/mol. The lowest BCUT2D eigenvalue weighted by atomic mass is 10.1. The number of anilines is 1. The number of ether oxygens (including phenoxy) is 2. The lowest BCUT2D eigenvalue weighted by Gasteiger charge is -2.32. The standard InChI is InChI=1S/C26H34NO4P/c1-6-32(7-2,18-23(28)31-17-21-11-9-8-10-12-21)26(13-14-26)25(29)27-24-19(3)15-22(30-5)16-20(24)4/h8-12,15-16H,6-7,13-14,17-18H2,1-5H3/p+1. The average Bonchev–Trinajstić information content (AvgIpc) is 3.61. The maximum Gasteiger partial charge on any atom is 0.344 e. The van der Waals surface area contributed by atoms with E-state index in [9.17, 15) is 9.59 Å². The van der Waals surface area contributed by atoms with Crippen molar-refractivity contribution in [2.45, 2.75) is 52.3 Å². The Balaban J connectivity index is 1.76. The van der Waals surface area contributed by atoms with E-state index in [2.05, 4.69) is 19.2 Å². The van der Waals surface area contributed by atoms with Crippen LogP contribution in [0.3, 0.4) is 0 Å². The number of carbonyl (C=O) groups excluding carboxylic acids is 2. The van der Waals surface area contributed by atoms with Gasteiger partial charge in [0.2, 0.25) is 0 Å². The fourth-order valence-corrected chi connectivity index (χ4v) is 9.28. The van der Waals surface area contributed by atoms with E-state index >= 15 is 0 Å². The van der Waals surface area contributed by atoms with E-state index < -0.39 is 12.4 Å². The summed E-state index contributed by atoms with van der Waals surface area (Å²) < 4.78 is 11.0. The molecule has 1 aliphatic carbocycles. The first kappa shape index (κ1) is 24.3. The largest absolute Gasteiger partial charge is 0.497 e. The van der Waals surface area contributed by atoms with Crippen LogP contribution in [0.4, 0.5) is 5.69 Å². The predicted octanol–water partition coefficient (Wildman–Crippen LogP) is 5.58. The Kier molecular flexibility index (Phi) is 7.61. The SMILES string of the molecule is CC[P+](CC)(CC(=O)OCc1ccccc1)C1(C(=O)Nc2c(C)cc(OC)cc2C)CC1. The van der Waals surface area contributed by atoms with Crippen LogP contribution in [-0.4, -0.2) is 42.6 Å². The summed E-state index contributed by atoms with van der Waals surface area (Å²) in [5.41, 5.74) is 3.77. The van der Waals surface area contributed by atoms with Crippen LogP contribution < -0.4 is 10.1 Å². The second kappa shape index (κ2) is 10.0. The minimum atomic E-state index is -1.88. The molecule has 0 heterocycles. The third kappa shape index (κ3) is 4.83. The molecule has 1 N–H and O–H groups in total. The molecule has 2 aromatic rings. The van der Waals surface area contributed by atoms with Gasteiger partial charge in [0.15, 0.2) is 11.3 Å². The van der Waals surface area contributed by atoms with Crippen LogP contribution in [0, 0.1) is 13.8 Å². The highest BCUT2D eigenvalue weighted by molar-refractivity contribution is 7.79. The number of aryl methyl sites for hydroxylation is 2. The third-order valence-corrected chi connectivity index (χ3v) is 12.7. The number of methoxy groups -OCH3 is 1. The van der Waals surface area contributed by atoms with Crippen LogP contribution in [0.1, 0.15) is 43.4 Å². The Morgan fingerprint density at radius 1 is 1.03 bits per heavy atom. The van der Waals surface area contributed by atoms with Crippen molar-refractivity contribution in [3.63, 3.8) is 0 Å². The van der Waals surface area contributed by atoms with Crippen molar-refractivity contribution in [3.05, 3.63) is 59.2 Å². The molecule has 32 heavy (non-hydrogen) atoms. The summed E-state index contributed by atoms with van der Waals surface area (Å²) in [6, 6.07) is 13.6. The lowest BCUT2D eigenvalue weighted by Crippen LogP contribution is -2.37. The summed E-state index contributed by atoms with van der Waals surface area (Å²) in [5, 5.41) is 2.79. The van der Waals surface area contributed by atoms with Crippen LogP contribution >= 0.6 is 7.26 Å². The van der Waals surface area contributed by atoms with Crippen LogP contribution in [-0.2, 0) is 20.9 Å². The van der Waals surface area contributed by atoms with Crippen LogP contribution in [0.15, 0.2) is 42.5 Å². The van der Waals surface area contributed by atoms with Gasteiger partial charge in [-0.15, -0.1) is 0 Å². The lowest BCUT2D eigenvalue weighted by molar-refractivity contribution is -0.141. The van der Waals surface area contributed by atoms with Gasteiger partial charge < -0.3 is 14.8 Å². The van der Waals surface area contributed by atoms with E-state index in [1.165, 1.54) is 0 Å². The van der Waals surface area contributed by atoms with Gasteiger partial charge in [-0.3, -0.25) is 4.79 Å². The Morgan fingerprint density at radius 3 is 2.12 bits per heavy atom. The monoisotopic (exact) mass is 456 g/mol. The minimum Gasteiger partial charge on any atom is -0.497 e. The van der Waals surface area contributed by atoms with Gasteiger partial charge in [-0.25, -0.2) is 4.79 Å². The molecule has 6 heteroatoms. The highest BCUT2D eigenvalue weighted by Crippen LogP contribution is 2.78. The van der Waals surface area contributed by atoms with Crippen molar-refractivity contribution in [2.75, 3.05) is 30.9 Å². The molecule has 0 saturated heterocycles. The first-order valence-electron chi connectivity index (χ1n) is 11.3. The molecule has 1 saturated carbocycles. The Hall–Kier alpha value is -2.39. The number of rotatable bonds is 10. The summed E-state index contributed by atoms with van der Waals surface area (Å²) >= 11 is 0. The zero-order valence-corrected chi connectivity index (χ0v) is 20.8. The molecule has 1 amide bonds. The topological polar surface area (TPSA) is 64.6 Å². The van der Waals surface area contributed by atoms with Gasteiger partial charge in [-0.05, 0) is 56.5 Å². The van der Waals surface area contributed by atoms with Gasteiger partial charge in [-0.2, -0.15) is 0 Å². The summed E-state index contributed by atoms with van der Waals surface area (Å²) in [6.07, 6.45) is 3.76. The first-order valence-corrected chi connectivity index (χ1v) is 13.7. The number of carbonyl (C=O) groups is 2. The van der Waals surface area contributed by atoms with Crippen LogP contribution in [0.5, 0.6) is 5.75 Å². The van der Waals surface area contributed by atoms with Crippen molar-refractivity contribution in [2.24, 2.45) is 0 Å². The highest BCUT2D eigenvalue weighted by atomic mass is 31.2. The van der Waals surface area contributed by atoms with Crippen LogP contribution in [0.25, 0.3) is 0 Å². The fourth-order valence-electron chi connectivity index (χ4n) is 4.74. The van der Waals surface area contributed by atoms with E-state index in [4.69, 9.17) is 9.47 Å². The molecule has 0 spiro atoms. The molecule has 5 nitrogen and oxygen atoms in total. The predicted molar refractivity (Wildman–Crippen MR) is 132 cm³/mol.